The lowest BCUT2D eigenvalue weighted by Gasteiger charge is -2.30. The van der Waals surface area contributed by atoms with Gasteiger partial charge in [-0.05, 0) is 30.4 Å². The van der Waals surface area contributed by atoms with Crippen LogP contribution < -0.4 is 10.6 Å². The highest BCUT2D eigenvalue weighted by atomic mass is 16.6. The Kier molecular flexibility index (Phi) is 3.53. The van der Waals surface area contributed by atoms with Crippen LogP contribution in [-0.4, -0.2) is 16.9 Å². The van der Waals surface area contributed by atoms with Gasteiger partial charge in [0.1, 0.15) is 5.69 Å². The fourth-order valence-electron chi connectivity index (χ4n) is 3.26. The normalized spacial score (nSPS) is 24.3. The lowest BCUT2D eigenvalue weighted by atomic mass is 9.86. The zero-order chi connectivity index (χ0) is 15.0. The minimum atomic E-state index is -0.376. The number of benzene rings is 1. The van der Waals surface area contributed by atoms with E-state index in [0.29, 0.717) is 22.9 Å². The Morgan fingerprint density at radius 1 is 1.33 bits per heavy atom. The summed E-state index contributed by atoms with van der Waals surface area (Å²) in [6.45, 7) is 2.18. The molecule has 2 aliphatic rings. The molecule has 1 aromatic rings. The Morgan fingerprint density at radius 3 is 2.81 bits per heavy atom. The van der Waals surface area contributed by atoms with Crippen LogP contribution in [0.25, 0.3) is 0 Å². The van der Waals surface area contributed by atoms with Gasteiger partial charge in [0.15, 0.2) is 0 Å². The molecule has 0 saturated heterocycles. The zero-order valence-electron chi connectivity index (χ0n) is 12.0. The van der Waals surface area contributed by atoms with Crippen molar-refractivity contribution >= 4 is 23.0 Å². The summed E-state index contributed by atoms with van der Waals surface area (Å²) in [4.78, 5) is 22.3. The summed E-state index contributed by atoms with van der Waals surface area (Å²) in [5.41, 5.74) is 1.97. The van der Waals surface area contributed by atoms with Crippen molar-refractivity contribution in [1.29, 1.82) is 0 Å². The van der Waals surface area contributed by atoms with Gasteiger partial charge in [0, 0.05) is 17.8 Å². The molecule has 112 valence electrons. The third-order valence-electron chi connectivity index (χ3n) is 4.50. The number of fused-ring (bicyclic) bond motifs is 1. The molecule has 1 fully saturated rings. The Labute approximate surface area is 123 Å². The highest BCUT2D eigenvalue weighted by Crippen LogP contribution is 2.36. The average Bonchev–Trinajstić information content (AvgIpc) is 2.79. The van der Waals surface area contributed by atoms with Crippen LogP contribution in [0.2, 0.25) is 0 Å². The van der Waals surface area contributed by atoms with E-state index < -0.39 is 0 Å². The summed E-state index contributed by atoms with van der Waals surface area (Å²) in [5.74, 6) is 0.392. The first-order valence-electron chi connectivity index (χ1n) is 7.42. The maximum Gasteiger partial charge on any atom is 0.292 e. The molecule has 6 heteroatoms. The number of hydrogen-bond acceptors (Lipinski definition) is 4. The summed E-state index contributed by atoms with van der Waals surface area (Å²) >= 11 is 0. The number of amides is 1. The quantitative estimate of drug-likeness (QED) is 0.661. The van der Waals surface area contributed by atoms with E-state index in [9.17, 15) is 14.9 Å². The van der Waals surface area contributed by atoms with Gasteiger partial charge < -0.3 is 10.6 Å². The standard InChI is InChI=1S/C15H19N3O3/c1-9-4-2-3-5-11(9)16-13-8-12-10(7-15(19)17-12)6-14(13)18(20)21/h6,8-9,11,16H,2-5,7H2,1H3,(H,17,19). The van der Waals surface area contributed by atoms with Crippen LogP contribution in [0.3, 0.4) is 0 Å². The van der Waals surface area contributed by atoms with E-state index in [0.717, 1.165) is 19.3 Å². The Bertz CT molecular complexity index is 600. The van der Waals surface area contributed by atoms with Gasteiger partial charge in [-0.25, -0.2) is 0 Å². The maximum atomic E-state index is 11.4. The molecule has 0 radical (unpaired) electrons. The smallest absolute Gasteiger partial charge is 0.292 e. The van der Waals surface area contributed by atoms with Crippen LogP contribution in [0.15, 0.2) is 12.1 Å². The van der Waals surface area contributed by atoms with E-state index >= 15 is 0 Å². The van der Waals surface area contributed by atoms with E-state index in [2.05, 4.69) is 17.6 Å². The van der Waals surface area contributed by atoms with E-state index in [1.165, 1.54) is 12.5 Å². The molecule has 3 rings (SSSR count). The zero-order valence-corrected chi connectivity index (χ0v) is 12.0. The van der Waals surface area contributed by atoms with Crippen LogP contribution in [0.1, 0.15) is 38.2 Å². The first kappa shape index (κ1) is 13.9. The van der Waals surface area contributed by atoms with Crippen molar-refractivity contribution in [2.24, 2.45) is 5.92 Å². The van der Waals surface area contributed by atoms with Crippen molar-refractivity contribution in [3.05, 3.63) is 27.8 Å². The topological polar surface area (TPSA) is 84.3 Å². The van der Waals surface area contributed by atoms with Gasteiger partial charge in [-0.1, -0.05) is 19.8 Å². The first-order valence-corrected chi connectivity index (χ1v) is 7.42. The second-order valence-electron chi connectivity index (χ2n) is 6.02. The number of anilines is 2. The molecule has 1 aliphatic carbocycles. The van der Waals surface area contributed by atoms with E-state index in [1.807, 2.05) is 0 Å². The average molecular weight is 289 g/mol. The molecule has 1 aliphatic heterocycles. The van der Waals surface area contributed by atoms with Gasteiger partial charge in [-0.2, -0.15) is 0 Å². The molecular weight excluding hydrogens is 270 g/mol. The molecule has 1 aromatic carbocycles. The molecule has 0 spiro atoms. The summed E-state index contributed by atoms with van der Waals surface area (Å²) < 4.78 is 0. The first-order chi connectivity index (χ1) is 10.0. The molecule has 0 aromatic heterocycles. The summed E-state index contributed by atoms with van der Waals surface area (Å²) in [6.07, 6.45) is 4.77. The van der Waals surface area contributed by atoms with Gasteiger partial charge >= 0.3 is 0 Å². The number of nitrogens with one attached hydrogen (secondary N) is 2. The predicted octanol–water partition coefficient (Wildman–Crippen LogP) is 3.08. The molecule has 2 N–H and O–H groups in total. The van der Waals surface area contributed by atoms with Crippen molar-refractivity contribution < 1.29 is 9.72 Å². The second kappa shape index (κ2) is 5.35. The fraction of sp³-hybridized carbons (Fsp3) is 0.533. The number of nitro groups is 1. The van der Waals surface area contributed by atoms with E-state index in [4.69, 9.17) is 0 Å². The van der Waals surface area contributed by atoms with Crippen LogP contribution >= 0.6 is 0 Å². The highest BCUT2D eigenvalue weighted by Gasteiger charge is 2.28. The fourth-order valence-corrected chi connectivity index (χ4v) is 3.26. The number of carbonyl (C=O) groups excluding carboxylic acids is 1. The van der Waals surface area contributed by atoms with Gasteiger partial charge in [0.05, 0.1) is 11.3 Å². The van der Waals surface area contributed by atoms with E-state index in [1.54, 1.807) is 6.07 Å². The maximum absolute atomic E-state index is 11.4. The summed E-state index contributed by atoms with van der Waals surface area (Å²) in [6, 6.07) is 3.48. The summed E-state index contributed by atoms with van der Waals surface area (Å²) in [7, 11) is 0. The third-order valence-corrected chi connectivity index (χ3v) is 4.50. The van der Waals surface area contributed by atoms with Crippen molar-refractivity contribution in [3.63, 3.8) is 0 Å². The van der Waals surface area contributed by atoms with Crippen molar-refractivity contribution in [1.82, 2.24) is 0 Å². The molecule has 1 amide bonds. The van der Waals surface area contributed by atoms with Crippen LogP contribution in [0.4, 0.5) is 17.1 Å². The second-order valence-corrected chi connectivity index (χ2v) is 6.02. The molecule has 2 atom stereocenters. The monoisotopic (exact) mass is 289 g/mol. The predicted molar refractivity (Wildman–Crippen MR) is 80.5 cm³/mol. The van der Waals surface area contributed by atoms with Crippen molar-refractivity contribution in [2.45, 2.75) is 45.1 Å². The molecule has 0 bridgehead atoms. The SMILES string of the molecule is CC1CCCCC1Nc1cc2c(cc1[N+](=O)[O-])CC(=O)N2. The third kappa shape index (κ3) is 2.70. The number of carbonyl (C=O) groups is 1. The molecule has 6 nitrogen and oxygen atoms in total. The number of rotatable bonds is 3. The Morgan fingerprint density at radius 2 is 2.10 bits per heavy atom. The molecule has 2 unspecified atom stereocenters. The number of hydrogen-bond donors (Lipinski definition) is 2. The molecule has 1 heterocycles. The number of nitrogens with zero attached hydrogens (tertiary/aromatic N) is 1. The Hall–Kier alpha value is -2.11. The number of nitro benzene ring substituents is 1. The largest absolute Gasteiger partial charge is 0.376 e. The van der Waals surface area contributed by atoms with Crippen LogP contribution in [0, 0.1) is 16.0 Å². The molecule has 1 saturated carbocycles. The van der Waals surface area contributed by atoms with Gasteiger partial charge in [-0.15, -0.1) is 0 Å². The van der Waals surface area contributed by atoms with Gasteiger partial charge in [-0.3, -0.25) is 14.9 Å². The molecular formula is C15H19N3O3. The Balaban J connectivity index is 1.91. The van der Waals surface area contributed by atoms with Crippen LogP contribution in [0.5, 0.6) is 0 Å². The van der Waals surface area contributed by atoms with Gasteiger partial charge in [0.2, 0.25) is 5.91 Å². The lowest BCUT2D eigenvalue weighted by molar-refractivity contribution is -0.384. The lowest BCUT2D eigenvalue weighted by Crippen LogP contribution is -2.30. The van der Waals surface area contributed by atoms with Crippen molar-refractivity contribution in [3.8, 4) is 0 Å². The van der Waals surface area contributed by atoms with E-state index in [-0.39, 0.29) is 29.0 Å². The highest BCUT2D eigenvalue weighted by molar-refractivity contribution is 6.00. The summed E-state index contributed by atoms with van der Waals surface area (Å²) in [5, 5.41) is 17.4. The molecule has 21 heavy (non-hydrogen) atoms. The van der Waals surface area contributed by atoms with Gasteiger partial charge in [0.25, 0.3) is 5.69 Å². The minimum Gasteiger partial charge on any atom is -0.376 e. The van der Waals surface area contributed by atoms with Crippen LogP contribution in [-0.2, 0) is 11.2 Å². The van der Waals surface area contributed by atoms with Crippen molar-refractivity contribution in [2.75, 3.05) is 10.6 Å². The minimum absolute atomic E-state index is 0.0584.